The zero-order valence-electron chi connectivity index (χ0n) is 11.7. The van der Waals surface area contributed by atoms with Gasteiger partial charge in [0.1, 0.15) is 0 Å². The summed E-state index contributed by atoms with van der Waals surface area (Å²) in [6.45, 7) is 5.77. The van der Waals surface area contributed by atoms with E-state index in [1.807, 2.05) is 0 Å². The van der Waals surface area contributed by atoms with Crippen LogP contribution >= 0.6 is 15.9 Å². The third kappa shape index (κ3) is 3.04. The second-order valence-electron chi connectivity index (χ2n) is 5.96. The highest BCUT2D eigenvalue weighted by Gasteiger charge is 2.34. The van der Waals surface area contributed by atoms with E-state index in [0.29, 0.717) is 6.04 Å². The van der Waals surface area contributed by atoms with E-state index in [2.05, 4.69) is 51.3 Å². The molecule has 1 N–H and O–H groups in total. The molecule has 0 spiro atoms. The number of piperidine rings is 1. The molecular formula is C16H23BrN2. The summed E-state index contributed by atoms with van der Waals surface area (Å²) < 4.78 is 1.20. The van der Waals surface area contributed by atoms with Gasteiger partial charge in [-0.05, 0) is 49.9 Å². The zero-order valence-corrected chi connectivity index (χ0v) is 13.2. The normalized spacial score (nSPS) is 27.5. The number of fused-ring (bicyclic) bond motifs is 1. The molecule has 2 aliphatic rings. The van der Waals surface area contributed by atoms with Gasteiger partial charge in [0.15, 0.2) is 0 Å². The Hall–Kier alpha value is -0.380. The van der Waals surface area contributed by atoms with E-state index in [1.165, 1.54) is 54.4 Å². The van der Waals surface area contributed by atoms with E-state index in [4.69, 9.17) is 0 Å². The molecule has 104 valence electrons. The average Bonchev–Trinajstić information content (AvgIpc) is 2.83. The molecule has 0 bridgehead atoms. The number of hydrogen-bond donors (Lipinski definition) is 1. The van der Waals surface area contributed by atoms with Crippen molar-refractivity contribution in [2.24, 2.45) is 0 Å². The molecule has 0 amide bonds. The second kappa shape index (κ2) is 5.94. The number of halogens is 1. The smallest absolute Gasteiger partial charge is 0.0249 e. The van der Waals surface area contributed by atoms with Crippen LogP contribution in [0.3, 0.4) is 0 Å². The predicted octanol–water partition coefficient (Wildman–Crippen LogP) is 3.47. The van der Waals surface area contributed by atoms with Gasteiger partial charge >= 0.3 is 0 Å². The van der Waals surface area contributed by atoms with Crippen LogP contribution in [-0.2, 0) is 6.54 Å². The Kier molecular flexibility index (Phi) is 4.25. The summed E-state index contributed by atoms with van der Waals surface area (Å²) in [5.41, 5.74) is 2.72. The first kappa shape index (κ1) is 13.6. The van der Waals surface area contributed by atoms with Crippen LogP contribution in [0.2, 0.25) is 0 Å². The lowest BCUT2D eigenvalue weighted by Gasteiger charge is -2.32. The highest BCUT2D eigenvalue weighted by Crippen LogP contribution is 2.27. The van der Waals surface area contributed by atoms with E-state index >= 15 is 0 Å². The van der Waals surface area contributed by atoms with Gasteiger partial charge in [0.2, 0.25) is 0 Å². The molecule has 2 nitrogen and oxygen atoms in total. The highest BCUT2D eigenvalue weighted by atomic mass is 79.9. The topological polar surface area (TPSA) is 15.3 Å². The van der Waals surface area contributed by atoms with Crippen molar-refractivity contribution in [1.29, 1.82) is 0 Å². The quantitative estimate of drug-likeness (QED) is 0.916. The molecule has 0 saturated carbocycles. The maximum atomic E-state index is 3.79. The minimum Gasteiger partial charge on any atom is -0.308 e. The minimum absolute atomic E-state index is 0.698. The molecular weight excluding hydrogens is 300 g/mol. The van der Waals surface area contributed by atoms with Crippen molar-refractivity contribution in [2.75, 3.05) is 13.1 Å². The number of hydrogen-bond acceptors (Lipinski definition) is 2. The summed E-state index contributed by atoms with van der Waals surface area (Å²) in [6.07, 6.45) is 5.52. The van der Waals surface area contributed by atoms with E-state index in [0.717, 1.165) is 12.6 Å². The van der Waals surface area contributed by atoms with Crippen LogP contribution in [0.25, 0.3) is 0 Å². The molecule has 19 heavy (non-hydrogen) atoms. The number of benzene rings is 1. The molecule has 2 atom stereocenters. The molecule has 2 aliphatic heterocycles. The third-order valence-electron chi connectivity index (χ3n) is 4.65. The lowest BCUT2D eigenvalue weighted by Crippen LogP contribution is -2.44. The van der Waals surface area contributed by atoms with Gasteiger partial charge in [-0.15, -0.1) is 0 Å². The van der Waals surface area contributed by atoms with E-state index in [-0.39, 0.29) is 0 Å². The average molecular weight is 323 g/mol. The van der Waals surface area contributed by atoms with Gasteiger partial charge in [-0.2, -0.15) is 0 Å². The third-order valence-corrected chi connectivity index (χ3v) is 5.54. The maximum Gasteiger partial charge on any atom is 0.0249 e. The molecule has 2 heterocycles. The summed E-state index contributed by atoms with van der Waals surface area (Å²) in [7, 11) is 0. The van der Waals surface area contributed by atoms with E-state index in [9.17, 15) is 0 Å². The molecule has 1 aromatic rings. The Bertz CT molecular complexity index is 446. The van der Waals surface area contributed by atoms with Crippen molar-refractivity contribution >= 4 is 15.9 Å². The number of nitrogens with one attached hydrogen (secondary N) is 1. The van der Waals surface area contributed by atoms with Crippen LogP contribution in [0.4, 0.5) is 0 Å². The van der Waals surface area contributed by atoms with Crippen molar-refractivity contribution < 1.29 is 0 Å². The van der Waals surface area contributed by atoms with Gasteiger partial charge in [-0.1, -0.05) is 34.5 Å². The van der Waals surface area contributed by atoms with Crippen LogP contribution in [-0.4, -0.2) is 30.1 Å². The lowest BCUT2D eigenvalue weighted by molar-refractivity contribution is 0.180. The van der Waals surface area contributed by atoms with Crippen LogP contribution in [0, 0.1) is 6.92 Å². The maximum absolute atomic E-state index is 3.79. The zero-order chi connectivity index (χ0) is 13.2. The van der Waals surface area contributed by atoms with E-state index < -0.39 is 0 Å². The first-order valence-electron chi connectivity index (χ1n) is 7.46. The summed E-state index contributed by atoms with van der Waals surface area (Å²) in [5.74, 6) is 0. The Morgan fingerprint density at radius 3 is 3.00 bits per heavy atom. The molecule has 0 radical (unpaired) electrons. The minimum atomic E-state index is 0.698. The first-order chi connectivity index (χ1) is 9.24. The van der Waals surface area contributed by atoms with Crippen LogP contribution < -0.4 is 5.32 Å². The van der Waals surface area contributed by atoms with Crippen molar-refractivity contribution in [3.8, 4) is 0 Å². The van der Waals surface area contributed by atoms with Crippen molar-refractivity contribution in [1.82, 2.24) is 10.2 Å². The highest BCUT2D eigenvalue weighted by molar-refractivity contribution is 9.10. The van der Waals surface area contributed by atoms with Gasteiger partial charge < -0.3 is 5.32 Å². The number of rotatable bonds is 3. The SMILES string of the molecule is Cc1cc(CNC2CCN3CCCCC23)ccc1Br. The first-order valence-corrected chi connectivity index (χ1v) is 8.26. The summed E-state index contributed by atoms with van der Waals surface area (Å²) >= 11 is 3.57. The molecule has 2 unspecified atom stereocenters. The van der Waals surface area contributed by atoms with Gasteiger partial charge in [-0.25, -0.2) is 0 Å². The largest absolute Gasteiger partial charge is 0.308 e. The molecule has 3 rings (SSSR count). The van der Waals surface area contributed by atoms with Gasteiger partial charge in [0.25, 0.3) is 0 Å². The lowest BCUT2D eigenvalue weighted by atomic mass is 9.99. The Balaban J connectivity index is 1.58. The predicted molar refractivity (Wildman–Crippen MR) is 83.3 cm³/mol. The van der Waals surface area contributed by atoms with Gasteiger partial charge in [0, 0.05) is 29.6 Å². The summed E-state index contributed by atoms with van der Waals surface area (Å²) in [6, 6.07) is 8.16. The fourth-order valence-corrected chi connectivity index (χ4v) is 3.80. The summed E-state index contributed by atoms with van der Waals surface area (Å²) in [5, 5.41) is 3.79. The molecule has 0 aliphatic carbocycles. The molecule has 1 aromatic carbocycles. The van der Waals surface area contributed by atoms with E-state index in [1.54, 1.807) is 0 Å². The molecule has 0 aromatic heterocycles. The number of nitrogens with zero attached hydrogens (tertiary/aromatic N) is 1. The van der Waals surface area contributed by atoms with Crippen LogP contribution in [0.15, 0.2) is 22.7 Å². The number of aryl methyl sites for hydroxylation is 1. The fourth-order valence-electron chi connectivity index (χ4n) is 3.55. The molecule has 3 heteroatoms. The fraction of sp³-hybridized carbons (Fsp3) is 0.625. The molecule has 2 saturated heterocycles. The standard InChI is InChI=1S/C16H23BrN2/c1-12-10-13(5-6-14(12)17)11-18-15-7-9-19-8-3-2-4-16(15)19/h5-6,10,15-16,18H,2-4,7-9,11H2,1H3. The van der Waals surface area contributed by atoms with Crippen molar-refractivity contribution in [3.63, 3.8) is 0 Å². The monoisotopic (exact) mass is 322 g/mol. The second-order valence-corrected chi connectivity index (χ2v) is 6.81. The van der Waals surface area contributed by atoms with Crippen molar-refractivity contribution in [3.05, 3.63) is 33.8 Å². The van der Waals surface area contributed by atoms with Crippen molar-refractivity contribution in [2.45, 2.75) is 51.2 Å². The van der Waals surface area contributed by atoms with Gasteiger partial charge in [0.05, 0.1) is 0 Å². The molecule has 2 fully saturated rings. The Morgan fingerprint density at radius 1 is 1.26 bits per heavy atom. The van der Waals surface area contributed by atoms with Gasteiger partial charge in [-0.3, -0.25) is 4.90 Å². The summed E-state index contributed by atoms with van der Waals surface area (Å²) in [4.78, 5) is 2.69. The Morgan fingerprint density at radius 2 is 2.16 bits per heavy atom. The van der Waals surface area contributed by atoms with Crippen LogP contribution in [0.5, 0.6) is 0 Å². The van der Waals surface area contributed by atoms with Crippen LogP contribution in [0.1, 0.15) is 36.8 Å². The Labute approximate surface area is 124 Å².